The molecule has 1 aromatic heterocycles. The van der Waals surface area contributed by atoms with Crippen molar-refractivity contribution in [3.8, 4) is 0 Å². The first-order valence-electron chi connectivity index (χ1n) is 5.53. The van der Waals surface area contributed by atoms with E-state index in [1.165, 1.54) is 0 Å². The highest BCUT2D eigenvalue weighted by Gasteiger charge is 2.08. The molecule has 1 heterocycles. The minimum absolute atomic E-state index is 0.490. The van der Waals surface area contributed by atoms with Crippen molar-refractivity contribution in [2.24, 2.45) is 0 Å². The number of ether oxygens (including phenoxy) is 1. The smallest absolute Gasteiger partial charge is 0.156 e. The van der Waals surface area contributed by atoms with E-state index in [-0.39, 0.29) is 0 Å². The van der Waals surface area contributed by atoms with Gasteiger partial charge in [0.25, 0.3) is 0 Å². The molecule has 0 amide bonds. The van der Waals surface area contributed by atoms with E-state index in [9.17, 15) is 0 Å². The van der Waals surface area contributed by atoms with Gasteiger partial charge in [-0.1, -0.05) is 6.92 Å². The number of hydrogen-bond acceptors (Lipinski definition) is 4. The Morgan fingerprint density at radius 3 is 2.69 bits per heavy atom. The number of aromatic nitrogens is 2. The van der Waals surface area contributed by atoms with Crippen molar-refractivity contribution in [1.29, 1.82) is 0 Å². The Morgan fingerprint density at radius 1 is 1.31 bits per heavy atom. The standard InChI is InChI=1S/C11H18IN3O/c1-4-6-16-7-9-14-8(3)10(12)11(15-9)13-5-2/h4-7H2,1-3H3,(H,13,14,15). The number of nitrogens with zero attached hydrogens (tertiary/aromatic N) is 2. The summed E-state index contributed by atoms with van der Waals surface area (Å²) in [6, 6.07) is 0. The molecule has 0 saturated carbocycles. The summed E-state index contributed by atoms with van der Waals surface area (Å²) < 4.78 is 6.52. The van der Waals surface area contributed by atoms with Crippen molar-refractivity contribution < 1.29 is 4.74 Å². The lowest BCUT2D eigenvalue weighted by Gasteiger charge is -2.10. The largest absolute Gasteiger partial charge is 0.373 e. The molecule has 5 heteroatoms. The highest BCUT2D eigenvalue weighted by Crippen LogP contribution is 2.18. The van der Waals surface area contributed by atoms with Crippen LogP contribution in [0.2, 0.25) is 0 Å². The number of halogens is 1. The summed E-state index contributed by atoms with van der Waals surface area (Å²) in [6.45, 7) is 8.25. The summed E-state index contributed by atoms with van der Waals surface area (Å²) in [7, 11) is 0. The van der Waals surface area contributed by atoms with Crippen LogP contribution in [0.25, 0.3) is 0 Å². The van der Waals surface area contributed by atoms with Crippen molar-refractivity contribution in [3.05, 3.63) is 15.1 Å². The number of nitrogens with one attached hydrogen (secondary N) is 1. The fourth-order valence-electron chi connectivity index (χ4n) is 1.27. The quantitative estimate of drug-likeness (QED) is 0.641. The lowest BCUT2D eigenvalue weighted by molar-refractivity contribution is 0.116. The number of hydrogen-bond donors (Lipinski definition) is 1. The van der Waals surface area contributed by atoms with E-state index >= 15 is 0 Å². The summed E-state index contributed by atoms with van der Waals surface area (Å²) in [4.78, 5) is 8.84. The van der Waals surface area contributed by atoms with Crippen molar-refractivity contribution in [1.82, 2.24) is 9.97 Å². The molecule has 16 heavy (non-hydrogen) atoms. The second-order valence-electron chi connectivity index (χ2n) is 3.47. The molecule has 1 rings (SSSR count). The molecule has 0 aliphatic carbocycles. The van der Waals surface area contributed by atoms with Gasteiger partial charge >= 0.3 is 0 Å². The van der Waals surface area contributed by atoms with Crippen LogP contribution in [0, 0.1) is 10.5 Å². The molecule has 0 aliphatic heterocycles. The molecule has 0 unspecified atom stereocenters. The Morgan fingerprint density at radius 2 is 2.06 bits per heavy atom. The van der Waals surface area contributed by atoms with Gasteiger partial charge in [-0.05, 0) is 42.9 Å². The topological polar surface area (TPSA) is 47.0 Å². The molecule has 0 aliphatic rings. The lowest BCUT2D eigenvalue weighted by Crippen LogP contribution is -2.09. The van der Waals surface area contributed by atoms with Crippen LogP contribution in [0.15, 0.2) is 0 Å². The van der Waals surface area contributed by atoms with Crippen molar-refractivity contribution in [2.45, 2.75) is 33.8 Å². The van der Waals surface area contributed by atoms with Gasteiger partial charge in [0.2, 0.25) is 0 Å². The summed E-state index contributed by atoms with van der Waals surface area (Å²) in [6.07, 6.45) is 1.02. The Hall–Kier alpha value is -0.430. The van der Waals surface area contributed by atoms with E-state index in [1.54, 1.807) is 0 Å². The Balaban J connectivity index is 2.77. The molecule has 0 bridgehead atoms. The first-order valence-corrected chi connectivity index (χ1v) is 6.61. The van der Waals surface area contributed by atoms with Crippen LogP contribution in [0.5, 0.6) is 0 Å². The number of anilines is 1. The van der Waals surface area contributed by atoms with Crippen LogP contribution in [0.1, 0.15) is 31.8 Å². The normalized spacial score (nSPS) is 10.5. The Labute approximate surface area is 110 Å². The predicted octanol–water partition coefficient (Wildman–Crippen LogP) is 2.75. The highest BCUT2D eigenvalue weighted by atomic mass is 127. The summed E-state index contributed by atoms with van der Waals surface area (Å²) in [5.74, 6) is 1.66. The summed E-state index contributed by atoms with van der Waals surface area (Å²) in [5, 5.41) is 3.23. The van der Waals surface area contributed by atoms with Crippen LogP contribution >= 0.6 is 22.6 Å². The maximum Gasteiger partial charge on any atom is 0.156 e. The lowest BCUT2D eigenvalue weighted by atomic mass is 10.4. The van der Waals surface area contributed by atoms with E-state index in [0.29, 0.717) is 6.61 Å². The zero-order valence-electron chi connectivity index (χ0n) is 10.0. The first kappa shape index (κ1) is 13.6. The molecule has 0 saturated heterocycles. The molecule has 0 radical (unpaired) electrons. The average molecular weight is 335 g/mol. The Kier molecular flexibility index (Phi) is 5.97. The van der Waals surface area contributed by atoms with Gasteiger partial charge in [0.1, 0.15) is 12.4 Å². The van der Waals surface area contributed by atoms with Gasteiger partial charge in [-0.3, -0.25) is 0 Å². The van der Waals surface area contributed by atoms with Gasteiger partial charge in [-0.2, -0.15) is 0 Å². The monoisotopic (exact) mass is 335 g/mol. The van der Waals surface area contributed by atoms with E-state index in [1.807, 2.05) is 6.92 Å². The van der Waals surface area contributed by atoms with Crippen LogP contribution in [-0.4, -0.2) is 23.1 Å². The maximum atomic E-state index is 5.44. The van der Waals surface area contributed by atoms with Crippen molar-refractivity contribution >= 4 is 28.4 Å². The minimum atomic E-state index is 0.490. The van der Waals surface area contributed by atoms with E-state index in [0.717, 1.165) is 40.5 Å². The van der Waals surface area contributed by atoms with Gasteiger partial charge in [0, 0.05) is 13.2 Å². The maximum absolute atomic E-state index is 5.44. The first-order chi connectivity index (χ1) is 7.69. The molecule has 0 spiro atoms. The molecule has 1 aromatic rings. The molecule has 0 aromatic carbocycles. The zero-order valence-corrected chi connectivity index (χ0v) is 12.2. The van der Waals surface area contributed by atoms with Crippen molar-refractivity contribution in [2.75, 3.05) is 18.5 Å². The van der Waals surface area contributed by atoms with Gasteiger partial charge < -0.3 is 10.1 Å². The number of aryl methyl sites for hydroxylation is 1. The van der Waals surface area contributed by atoms with Crippen LogP contribution in [0.4, 0.5) is 5.82 Å². The van der Waals surface area contributed by atoms with Gasteiger partial charge in [0.05, 0.1) is 9.26 Å². The van der Waals surface area contributed by atoms with E-state index < -0.39 is 0 Å². The molecule has 90 valence electrons. The molecular formula is C11H18IN3O. The fraction of sp³-hybridized carbons (Fsp3) is 0.636. The van der Waals surface area contributed by atoms with Crippen LogP contribution in [0.3, 0.4) is 0 Å². The zero-order chi connectivity index (χ0) is 12.0. The minimum Gasteiger partial charge on any atom is -0.373 e. The molecule has 0 fully saturated rings. The van der Waals surface area contributed by atoms with E-state index in [4.69, 9.17) is 4.74 Å². The third kappa shape index (κ3) is 3.86. The molecular weight excluding hydrogens is 317 g/mol. The van der Waals surface area contributed by atoms with Crippen molar-refractivity contribution in [3.63, 3.8) is 0 Å². The highest BCUT2D eigenvalue weighted by molar-refractivity contribution is 14.1. The SMILES string of the molecule is CCCOCc1nc(C)c(I)c(NCC)n1. The second-order valence-corrected chi connectivity index (χ2v) is 4.55. The van der Waals surface area contributed by atoms with Gasteiger partial charge in [-0.15, -0.1) is 0 Å². The van der Waals surface area contributed by atoms with Crippen LogP contribution < -0.4 is 5.32 Å². The predicted molar refractivity (Wildman–Crippen MR) is 73.6 cm³/mol. The number of rotatable bonds is 6. The molecule has 1 N–H and O–H groups in total. The van der Waals surface area contributed by atoms with E-state index in [2.05, 4.69) is 51.7 Å². The average Bonchev–Trinajstić information content (AvgIpc) is 2.26. The molecule has 4 nitrogen and oxygen atoms in total. The van der Waals surface area contributed by atoms with Gasteiger partial charge in [-0.25, -0.2) is 9.97 Å². The fourth-order valence-corrected chi connectivity index (χ4v) is 1.71. The summed E-state index contributed by atoms with van der Waals surface area (Å²) >= 11 is 2.26. The molecule has 0 atom stereocenters. The summed E-state index contributed by atoms with van der Waals surface area (Å²) in [5.41, 5.74) is 1.00. The van der Waals surface area contributed by atoms with Crippen LogP contribution in [-0.2, 0) is 11.3 Å². The Bertz CT molecular complexity index is 344. The third-order valence-electron chi connectivity index (χ3n) is 1.99. The third-order valence-corrected chi connectivity index (χ3v) is 3.28. The second kappa shape index (κ2) is 7.01. The van der Waals surface area contributed by atoms with Gasteiger partial charge in [0.15, 0.2) is 5.82 Å².